The van der Waals surface area contributed by atoms with Crippen molar-refractivity contribution in [2.45, 2.75) is 60.8 Å². The van der Waals surface area contributed by atoms with Crippen molar-refractivity contribution in [2.75, 3.05) is 0 Å². The quantitative estimate of drug-likeness (QED) is 0.479. The first-order valence-corrected chi connectivity index (χ1v) is 8.27. The molecule has 0 amide bonds. The highest BCUT2D eigenvalue weighted by atomic mass is 14.4. The van der Waals surface area contributed by atoms with Gasteiger partial charge in [-0.15, -0.1) is 0 Å². The second-order valence-corrected chi connectivity index (χ2v) is 9.30. The Hall–Kier alpha value is -0.780. The normalized spacial score (nSPS) is 38.5. The highest BCUT2D eigenvalue weighted by molar-refractivity contribution is 5.52. The summed E-state index contributed by atoms with van der Waals surface area (Å²) in [6.07, 6.45) is 11.7. The van der Waals surface area contributed by atoms with Crippen molar-refractivity contribution >= 4 is 0 Å². The van der Waals surface area contributed by atoms with Gasteiger partial charge in [0.05, 0.1) is 0 Å². The first kappa shape index (κ1) is 14.2. The zero-order valence-electron chi connectivity index (χ0n) is 14.1. The summed E-state index contributed by atoms with van der Waals surface area (Å²) in [6.45, 7) is 14.3. The zero-order valence-corrected chi connectivity index (χ0v) is 14.1. The average Bonchev–Trinajstić information content (AvgIpc) is 3.13. The molecule has 0 radical (unpaired) electrons. The summed E-state index contributed by atoms with van der Waals surface area (Å²) in [5, 5.41) is 0. The number of allylic oxidation sites excluding steroid dienone is 6. The van der Waals surface area contributed by atoms with E-state index in [1.165, 1.54) is 19.3 Å². The van der Waals surface area contributed by atoms with Gasteiger partial charge in [0.2, 0.25) is 0 Å². The molecule has 0 aliphatic heterocycles. The van der Waals surface area contributed by atoms with Gasteiger partial charge in [0.15, 0.2) is 0 Å². The fourth-order valence-electron chi connectivity index (χ4n) is 3.37. The van der Waals surface area contributed by atoms with Crippen molar-refractivity contribution in [3.8, 4) is 0 Å². The van der Waals surface area contributed by atoms with E-state index in [1.54, 1.807) is 16.7 Å². The predicted octanol–water partition coefficient (Wildman–Crippen LogP) is 5.92. The summed E-state index contributed by atoms with van der Waals surface area (Å²) >= 11 is 0. The molecule has 3 atom stereocenters. The van der Waals surface area contributed by atoms with Crippen LogP contribution in [-0.4, -0.2) is 0 Å². The van der Waals surface area contributed by atoms with Gasteiger partial charge in [0.1, 0.15) is 0 Å². The fraction of sp³-hybridized carbons (Fsp3) is 0.700. The average molecular weight is 270 g/mol. The zero-order chi connectivity index (χ0) is 14.7. The van der Waals surface area contributed by atoms with Gasteiger partial charge in [-0.1, -0.05) is 65.3 Å². The number of hydrogen-bond donors (Lipinski definition) is 0. The van der Waals surface area contributed by atoms with E-state index in [0.717, 1.165) is 11.8 Å². The lowest BCUT2D eigenvalue weighted by molar-refractivity contribution is 0.269. The van der Waals surface area contributed by atoms with E-state index in [0.29, 0.717) is 16.7 Å². The Bertz CT molecular complexity index is 499. The predicted molar refractivity (Wildman–Crippen MR) is 87.5 cm³/mol. The van der Waals surface area contributed by atoms with Gasteiger partial charge in [-0.3, -0.25) is 0 Å². The van der Waals surface area contributed by atoms with Crippen LogP contribution < -0.4 is 0 Å². The largest absolute Gasteiger partial charge is 0.0776 e. The van der Waals surface area contributed by atoms with E-state index in [2.05, 4.69) is 59.8 Å². The molecule has 0 spiro atoms. The maximum atomic E-state index is 2.60. The monoisotopic (exact) mass is 270 g/mol. The molecular weight excluding hydrogens is 240 g/mol. The summed E-state index contributed by atoms with van der Waals surface area (Å²) in [5.74, 6) is 2.23. The van der Waals surface area contributed by atoms with E-state index in [4.69, 9.17) is 0 Å². The van der Waals surface area contributed by atoms with Gasteiger partial charge in [-0.05, 0) is 53.1 Å². The molecule has 20 heavy (non-hydrogen) atoms. The standard InChI is InChI=1S/C20H30/c1-19(2,3)17-9-13-7-15(13)11-18(20(4,5)6)12-16-8-14(16)10-17/h9-11,16-18H,7-8,12H2,1-6H3/b13-9-,14-10?,15-11+. The summed E-state index contributed by atoms with van der Waals surface area (Å²) in [4.78, 5) is 0. The van der Waals surface area contributed by atoms with Crippen LogP contribution in [0.25, 0.3) is 0 Å². The number of hydrogen-bond acceptors (Lipinski definition) is 0. The highest BCUT2D eigenvalue weighted by Crippen LogP contribution is 2.52. The second-order valence-electron chi connectivity index (χ2n) is 9.30. The van der Waals surface area contributed by atoms with E-state index >= 15 is 0 Å². The number of fused-ring (bicyclic) bond motifs is 2. The van der Waals surface area contributed by atoms with Crippen LogP contribution in [0.3, 0.4) is 0 Å². The second kappa shape index (κ2) is 4.36. The molecule has 0 heteroatoms. The molecule has 0 bridgehead atoms. The van der Waals surface area contributed by atoms with Crippen LogP contribution in [0.15, 0.2) is 34.9 Å². The Morgan fingerprint density at radius 2 is 1.50 bits per heavy atom. The lowest BCUT2D eigenvalue weighted by Crippen LogP contribution is -2.19. The van der Waals surface area contributed by atoms with Gasteiger partial charge in [0, 0.05) is 5.92 Å². The topological polar surface area (TPSA) is 0 Å². The Kier molecular flexibility index (Phi) is 3.09. The molecule has 0 N–H and O–H groups in total. The van der Waals surface area contributed by atoms with Gasteiger partial charge >= 0.3 is 0 Å². The van der Waals surface area contributed by atoms with Crippen LogP contribution in [0.1, 0.15) is 60.8 Å². The lowest BCUT2D eigenvalue weighted by atomic mass is 9.76. The molecule has 0 nitrogen and oxygen atoms in total. The minimum atomic E-state index is 0.351. The Morgan fingerprint density at radius 3 is 2.10 bits per heavy atom. The van der Waals surface area contributed by atoms with Crippen LogP contribution >= 0.6 is 0 Å². The van der Waals surface area contributed by atoms with E-state index in [9.17, 15) is 0 Å². The van der Waals surface area contributed by atoms with Gasteiger partial charge < -0.3 is 0 Å². The van der Waals surface area contributed by atoms with Crippen molar-refractivity contribution in [1.29, 1.82) is 0 Å². The minimum Gasteiger partial charge on any atom is -0.0776 e. The van der Waals surface area contributed by atoms with Crippen molar-refractivity contribution in [1.82, 2.24) is 0 Å². The van der Waals surface area contributed by atoms with Crippen molar-refractivity contribution < 1.29 is 0 Å². The van der Waals surface area contributed by atoms with E-state index in [-0.39, 0.29) is 0 Å². The molecule has 2 saturated carbocycles. The van der Waals surface area contributed by atoms with Gasteiger partial charge in [-0.25, -0.2) is 0 Å². The first-order valence-electron chi connectivity index (χ1n) is 8.27. The Labute approximate surface area is 125 Å². The van der Waals surface area contributed by atoms with Gasteiger partial charge in [-0.2, -0.15) is 0 Å². The Morgan fingerprint density at radius 1 is 0.850 bits per heavy atom. The van der Waals surface area contributed by atoms with Crippen molar-refractivity contribution in [2.24, 2.45) is 28.6 Å². The highest BCUT2D eigenvalue weighted by Gasteiger charge is 2.39. The summed E-state index contributed by atoms with van der Waals surface area (Å²) in [5.41, 5.74) is 5.74. The Balaban J connectivity index is 1.93. The fourth-order valence-corrected chi connectivity index (χ4v) is 3.37. The summed E-state index contributed by atoms with van der Waals surface area (Å²) in [6, 6.07) is 0. The van der Waals surface area contributed by atoms with E-state index < -0.39 is 0 Å². The van der Waals surface area contributed by atoms with Crippen LogP contribution in [0, 0.1) is 28.6 Å². The smallest absolute Gasteiger partial charge is 0.000395 e. The molecule has 3 unspecified atom stereocenters. The van der Waals surface area contributed by atoms with Gasteiger partial charge in [0.25, 0.3) is 0 Å². The van der Waals surface area contributed by atoms with Crippen LogP contribution in [0.2, 0.25) is 0 Å². The van der Waals surface area contributed by atoms with Crippen LogP contribution in [0.5, 0.6) is 0 Å². The molecule has 3 aliphatic rings. The van der Waals surface area contributed by atoms with E-state index in [1.807, 2.05) is 0 Å². The third-order valence-electron chi connectivity index (χ3n) is 5.34. The molecule has 0 aromatic carbocycles. The number of rotatable bonds is 0. The molecule has 0 heterocycles. The molecule has 0 saturated heterocycles. The molecule has 110 valence electrons. The maximum Gasteiger partial charge on any atom is 0.000395 e. The lowest BCUT2D eigenvalue weighted by Gasteiger charge is -2.29. The molecule has 0 aromatic heterocycles. The summed E-state index contributed by atoms with van der Waals surface area (Å²) < 4.78 is 0. The van der Waals surface area contributed by atoms with Crippen molar-refractivity contribution in [3.63, 3.8) is 0 Å². The molecule has 3 aliphatic carbocycles. The SMILES string of the molecule is CC(C)(C)C1C=C2CC2CC(C(C)(C)C)/C=C2\C\C2=C\1. The molecule has 0 aromatic rings. The molecule has 3 rings (SSSR count). The third kappa shape index (κ3) is 2.95. The third-order valence-corrected chi connectivity index (χ3v) is 5.34. The minimum absolute atomic E-state index is 0.351. The molecular formula is C20H30. The first-order chi connectivity index (χ1) is 9.14. The van der Waals surface area contributed by atoms with Crippen LogP contribution in [0.4, 0.5) is 0 Å². The summed E-state index contributed by atoms with van der Waals surface area (Å²) in [7, 11) is 0. The molecule has 2 fully saturated rings. The van der Waals surface area contributed by atoms with Crippen molar-refractivity contribution in [3.05, 3.63) is 34.9 Å². The maximum absolute atomic E-state index is 2.60. The van der Waals surface area contributed by atoms with Crippen LogP contribution in [-0.2, 0) is 0 Å².